The van der Waals surface area contributed by atoms with Crippen molar-refractivity contribution >= 4 is 13.8 Å². The molecule has 0 amide bonds. The Morgan fingerprint density at radius 2 is 0.967 bits per heavy atom. The number of rotatable bonds is 37. The van der Waals surface area contributed by atoms with E-state index in [4.69, 9.17) is 18.5 Å². The Morgan fingerprint density at radius 3 is 1.49 bits per heavy atom. The Morgan fingerprint density at radius 1 is 0.541 bits per heavy atom. The molecular formula is C48H81O12P. The number of allylic oxidation sites excluding steroid dienone is 14. The van der Waals surface area contributed by atoms with Gasteiger partial charge in [-0.25, -0.2) is 4.57 Å². The van der Waals surface area contributed by atoms with Gasteiger partial charge in [-0.2, -0.15) is 0 Å². The maximum Gasteiger partial charge on any atom is 0.472 e. The molecule has 0 aromatic heterocycles. The summed E-state index contributed by atoms with van der Waals surface area (Å²) in [6.45, 7) is 3.96. The van der Waals surface area contributed by atoms with E-state index in [0.717, 1.165) is 83.5 Å². The monoisotopic (exact) mass is 881 g/mol. The highest BCUT2D eigenvalue weighted by Crippen LogP contribution is 2.47. The fourth-order valence-corrected chi connectivity index (χ4v) is 7.34. The van der Waals surface area contributed by atoms with Crippen molar-refractivity contribution < 1.29 is 58.3 Å². The van der Waals surface area contributed by atoms with Crippen molar-refractivity contribution in [3.8, 4) is 0 Å². The van der Waals surface area contributed by atoms with Gasteiger partial charge in [-0.3, -0.25) is 13.8 Å². The molecule has 350 valence electrons. The van der Waals surface area contributed by atoms with Crippen LogP contribution in [0.2, 0.25) is 0 Å². The normalized spacial score (nSPS) is 23.0. The smallest absolute Gasteiger partial charge is 0.457 e. The van der Waals surface area contributed by atoms with Crippen LogP contribution in [0, 0.1) is 0 Å². The number of carbonyl (C=O) groups is 1. The highest BCUT2D eigenvalue weighted by Gasteiger charge is 2.51. The van der Waals surface area contributed by atoms with E-state index in [2.05, 4.69) is 98.9 Å². The Balaban J connectivity index is 2.46. The number of esters is 1. The molecular weight excluding hydrogens is 799 g/mol. The molecule has 6 N–H and O–H groups in total. The molecule has 0 aromatic rings. The number of hydrogen-bond acceptors (Lipinski definition) is 11. The second kappa shape index (κ2) is 38.0. The molecule has 61 heavy (non-hydrogen) atoms. The van der Waals surface area contributed by atoms with Gasteiger partial charge in [-0.15, -0.1) is 0 Å². The molecule has 0 aromatic carbocycles. The Hall–Kier alpha value is -2.48. The van der Waals surface area contributed by atoms with Gasteiger partial charge in [-0.1, -0.05) is 144 Å². The maximum absolute atomic E-state index is 12.8. The second-order valence-electron chi connectivity index (χ2n) is 15.5. The van der Waals surface area contributed by atoms with Crippen molar-refractivity contribution in [1.29, 1.82) is 0 Å². The predicted octanol–water partition coefficient (Wildman–Crippen LogP) is 9.36. The molecule has 0 spiro atoms. The number of phosphoric ester groups is 1. The molecule has 1 saturated carbocycles. The van der Waals surface area contributed by atoms with Crippen molar-refractivity contribution in [3.63, 3.8) is 0 Å². The summed E-state index contributed by atoms with van der Waals surface area (Å²) in [5, 5.41) is 50.2. The van der Waals surface area contributed by atoms with Crippen LogP contribution in [0.25, 0.3) is 0 Å². The number of ether oxygens (including phenoxy) is 2. The topological polar surface area (TPSA) is 192 Å². The molecule has 1 fully saturated rings. The van der Waals surface area contributed by atoms with Crippen molar-refractivity contribution in [2.24, 2.45) is 0 Å². The average Bonchev–Trinajstić information content (AvgIpc) is 3.24. The molecule has 0 radical (unpaired) electrons. The van der Waals surface area contributed by atoms with Crippen molar-refractivity contribution in [3.05, 3.63) is 85.1 Å². The van der Waals surface area contributed by atoms with Crippen LogP contribution in [0.1, 0.15) is 149 Å². The van der Waals surface area contributed by atoms with Gasteiger partial charge in [-0.05, 0) is 83.5 Å². The van der Waals surface area contributed by atoms with Gasteiger partial charge < -0.3 is 39.9 Å². The second-order valence-corrected chi connectivity index (χ2v) is 16.9. The van der Waals surface area contributed by atoms with E-state index in [-0.39, 0.29) is 13.0 Å². The van der Waals surface area contributed by atoms with Crippen molar-refractivity contribution in [2.45, 2.75) is 191 Å². The third kappa shape index (κ3) is 30.3. The molecule has 1 rings (SSSR count). The molecule has 13 heteroatoms. The summed E-state index contributed by atoms with van der Waals surface area (Å²) >= 11 is 0. The van der Waals surface area contributed by atoms with Gasteiger partial charge in [0.2, 0.25) is 0 Å². The minimum absolute atomic E-state index is 0.125. The number of carbonyl (C=O) groups excluding carboxylic acids is 1. The lowest BCUT2D eigenvalue weighted by Gasteiger charge is -2.41. The summed E-state index contributed by atoms with van der Waals surface area (Å²) in [5.74, 6) is -0.510. The summed E-state index contributed by atoms with van der Waals surface area (Å²) in [5.41, 5.74) is 0. The minimum Gasteiger partial charge on any atom is -0.457 e. The van der Waals surface area contributed by atoms with Crippen LogP contribution in [0.4, 0.5) is 0 Å². The zero-order valence-corrected chi connectivity index (χ0v) is 38.1. The first-order valence-electron chi connectivity index (χ1n) is 22.9. The SMILES string of the molecule is CC/C=C\C/C=C\C/C=C\C/C=C\C/C=C\C/C=C\CCCOCC(COP(=O)(O)OC1C(O)C(O)C(O)C(O)C1O)OC(=O)CCCCCCC/C=C\CCCCCCC. The number of aliphatic hydroxyl groups excluding tert-OH is 5. The molecule has 0 heterocycles. The molecule has 0 saturated heterocycles. The third-order valence-electron chi connectivity index (χ3n) is 10.0. The first-order valence-corrected chi connectivity index (χ1v) is 24.4. The highest BCUT2D eigenvalue weighted by atomic mass is 31.2. The lowest BCUT2D eigenvalue weighted by atomic mass is 9.85. The molecule has 0 aliphatic heterocycles. The number of unbranched alkanes of at least 4 members (excludes halogenated alkanes) is 11. The van der Waals surface area contributed by atoms with E-state index in [9.17, 15) is 39.8 Å². The Labute approximate surface area is 367 Å². The summed E-state index contributed by atoms with van der Waals surface area (Å²) in [6.07, 6.45) is 38.0. The standard InChI is InChI=1S/C48H81O12P/c1-3-5-7-9-11-13-15-17-19-20-21-22-23-24-26-28-30-32-34-36-38-57-39-41(40-58-61(55,56)60-48-46(53)44(51)43(50)45(52)47(48)54)59-42(49)37-35-33-31-29-27-25-18-16-14-12-10-8-6-4-2/h5,7,11,13,16-19,21-22,24,26,30,32,41,43-48,50-54H,3-4,6,8-10,12,14-15,20,23,25,27-29,31,33-40H2,1-2H3,(H,55,56)/b7-5-,13-11-,18-16-,19-17-,22-21-,26-24-,32-30-. The van der Waals surface area contributed by atoms with Crippen LogP contribution < -0.4 is 0 Å². The fraction of sp³-hybridized carbons (Fsp3) is 0.688. The van der Waals surface area contributed by atoms with E-state index in [1.54, 1.807) is 0 Å². The molecule has 1 aliphatic carbocycles. The Kier molecular flexibility index (Phi) is 35.2. The Bertz CT molecular complexity index is 1330. The minimum atomic E-state index is -5.04. The first-order chi connectivity index (χ1) is 29.5. The van der Waals surface area contributed by atoms with Crippen LogP contribution in [0.5, 0.6) is 0 Å². The predicted molar refractivity (Wildman–Crippen MR) is 244 cm³/mol. The summed E-state index contributed by atoms with van der Waals surface area (Å²) in [7, 11) is -5.04. The molecule has 1 aliphatic rings. The van der Waals surface area contributed by atoms with Gasteiger partial charge in [0.25, 0.3) is 0 Å². The van der Waals surface area contributed by atoms with E-state index in [1.807, 2.05) is 0 Å². The van der Waals surface area contributed by atoms with Gasteiger partial charge >= 0.3 is 13.8 Å². The van der Waals surface area contributed by atoms with Gasteiger partial charge in [0.05, 0.1) is 13.2 Å². The van der Waals surface area contributed by atoms with Gasteiger partial charge in [0, 0.05) is 13.0 Å². The number of phosphoric acid groups is 1. The van der Waals surface area contributed by atoms with Crippen LogP contribution >= 0.6 is 7.82 Å². The highest BCUT2D eigenvalue weighted by molar-refractivity contribution is 7.47. The molecule has 6 atom stereocenters. The quantitative estimate of drug-likeness (QED) is 0.0150. The third-order valence-corrected chi connectivity index (χ3v) is 11.0. The zero-order chi connectivity index (χ0) is 44.8. The van der Waals surface area contributed by atoms with E-state index in [0.29, 0.717) is 19.4 Å². The fourth-order valence-electron chi connectivity index (χ4n) is 6.36. The lowest BCUT2D eigenvalue weighted by molar-refractivity contribution is -0.220. The van der Waals surface area contributed by atoms with E-state index < -0.39 is 63.1 Å². The van der Waals surface area contributed by atoms with Crippen molar-refractivity contribution in [2.75, 3.05) is 19.8 Å². The largest absolute Gasteiger partial charge is 0.472 e. The summed E-state index contributed by atoms with van der Waals surface area (Å²) in [6, 6.07) is 0. The first kappa shape index (κ1) is 56.5. The van der Waals surface area contributed by atoms with E-state index in [1.165, 1.54) is 32.1 Å². The van der Waals surface area contributed by atoms with Crippen LogP contribution in [0.15, 0.2) is 85.1 Å². The zero-order valence-electron chi connectivity index (χ0n) is 37.2. The van der Waals surface area contributed by atoms with Gasteiger partial charge in [0.15, 0.2) is 0 Å². The summed E-state index contributed by atoms with van der Waals surface area (Å²) < 4.78 is 34.1. The van der Waals surface area contributed by atoms with Crippen LogP contribution in [0.3, 0.4) is 0 Å². The van der Waals surface area contributed by atoms with Crippen molar-refractivity contribution in [1.82, 2.24) is 0 Å². The molecule has 6 unspecified atom stereocenters. The lowest BCUT2D eigenvalue weighted by Crippen LogP contribution is -2.64. The number of aliphatic hydroxyl groups is 5. The summed E-state index contributed by atoms with van der Waals surface area (Å²) in [4.78, 5) is 23.1. The molecule has 12 nitrogen and oxygen atoms in total. The van der Waals surface area contributed by atoms with Crippen LogP contribution in [-0.2, 0) is 27.9 Å². The van der Waals surface area contributed by atoms with Crippen LogP contribution in [-0.4, -0.2) is 98.9 Å². The maximum atomic E-state index is 12.8. The average molecular weight is 881 g/mol. The van der Waals surface area contributed by atoms with E-state index >= 15 is 0 Å². The molecule has 0 bridgehead atoms. The number of hydrogen-bond donors (Lipinski definition) is 6. The van der Waals surface area contributed by atoms with Gasteiger partial charge in [0.1, 0.15) is 42.7 Å².